The van der Waals surface area contributed by atoms with Crippen LogP contribution in [0.2, 0.25) is 0 Å². The topological polar surface area (TPSA) is 71.5 Å². The van der Waals surface area contributed by atoms with Crippen LogP contribution in [0.3, 0.4) is 0 Å². The summed E-state index contributed by atoms with van der Waals surface area (Å²) in [4.78, 5) is 2.19. The van der Waals surface area contributed by atoms with Crippen molar-refractivity contribution >= 4 is 0 Å². The van der Waals surface area contributed by atoms with Crippen molar-refractivity contribution in [1.29, 1.82) is 5.26 Å². The van der Waals surface area contributed by atoms with Crippen molar-refractivity contribution in [2.75, 3.05) is 33.4 Å². The SMILES string of the molecule is COc1ccc(C#CCN)cc1CN1CCOC(C#N)C1. The van der Waals surface area contributed by atoms with E-state index in [-0.39, 0.29) is 6.10 Å². The van der Waals surface area contributed by atoms with Crippen LogP contribution < -0.4 is 10.5 Å². The van der Waals surface area contributed by atoms with Gasteiger partial charge in [-0.3, -0.25) is 4.90 Å². The van der Waals surface area contributed by atoms with Gasteiger partial charge < -0.3 is 15.2 Å². The lowest BCUT2D eigenvalue weighted by atomic mass is 10.1. The molecule has 0 amide bonds. The Morgan fingerprint density at radius 1 is 1.52 bits per heavy atom. The van der Waals surface area contributed by atoms with Gasteiger partial charge in [-0.05, 0) is 18.2 Å². The van der Waals surface area contributed by atoms with Crippen molar-refractivity contribution in [2.24, 2.45) is 5.73 Å². The molecule has 1 aromatic rings. The number of nitrogens with two attached hydrogens (primary N) is 1. The minimum atomic E-state index is -0.357. The molecular formula is C16H19N3O2. The van der Waals surface area contributed by atoms with Gasteiger partial charge in [0.2, 0.25) is 0 Å². The number of hydrogen-bond donors (Lipinski definition) is 1. The standard InChI is InChI=1S/C16H19N3O2/c1-20-16-5-4-13(3-2-6-17)9-14(16)11-19-7-8-21-15(10-18)12-19/h4-5,9,15H,6-8,11-12,17H2,1H3. The number of hydrogen-bond acceptors (Lipinski definition) is 5. The molecule has 1 atom stereocenters. The van der Waals surface area contributed by atoms with Gasteiger partial charge in [-0.25, -0.2) is 0 Å². The number of methoxy groups -OCH3 is 1. The minimum absolute atomic E-state index is 0.342. The molecule has 1 aliphatic rings. The van der Waals surface area contributed by atoms with Crippen molar-refractivity contribution < 1.29 is 9.47 Å². The van der Waals surface area contributed by atoms with Gasteiger partial charge in [0.1, 0.15) is 5.75 Å². The van der Waals surface area contributed by atoms with Crippen LogP contribution in [0.5, 0.6) is 5.75 Å². The molecule has 0 saturated carbocycles. The molecule has 0 aromatic heterocycles. The number of morpholine rings is 1. The lowest BCUT2D eigenvalue weighted by Gasteiger charge is -2.30. The molecule has 5 heteroatoms. The molecule has 0 aliphatic carbocycles. The van der Waals surface area contributed by atoms with E-state index in [0.29, 0.717) is 26.2 Å². The summed E-state index contributed by atoms with van der Waals surface area (Å²) in [5.41, 5.74) is 7.37. The van der Waals surface area contributed by atoms with Crippen LogP contribution in [0.4, 0.5) is 0 Å². The summed E-state index contributed by atoms with van der Waals surface area (Å²) in [5, 5.41) is 8.96. The van der Waals surface area contributed by atoms with Crippen LogP contribution >= 0.6 is 0 Å². The van der Waals surface area contributed by atoms with Gasteiger partial charge in [0.15, 0.2) is 6.10 Å². The Morgan fingerprint density at radius 3 is 3.10 bits per heavy atom. The number of nitriles is 1. The third kappa shape index (κ3) is 4.21. The molecule has 110 valence electrons. The van der Waals surface area contributed by atoms with Crippen molar-refractivity contribution in [1.82, 2.24) is 4.90 Å². The molecule has 1 fully saturated rings. The van der Waals surface area contributed by atoms with Gasteiger partial charge in [0.05, 0.1) is 26.3 Å². The fraction of sp³-hybridized carbons (Fsp3) is 0.438. The Hall–Kier alpha value is -2.05. The first-order valence-corrected chi connectivity index (χ1v) is 6.86. The second kappa shape index (κ2) is 7.66. The first kappa shape index (κ1) is 15.3. The van der Waals surface area contributed by atoms with E-state index in [2.05, 4.69) is 22.8 Å². The lowest BCUT2D eigenvalue weighted by molar-refractivity contribution is -0.00291. The van der Waals surface area contributed by atoms with E-state index in [1.165, 1.54) is 0 Å². The Labute approximate surface area is 125 Å². The largest absolute Gasteiger partial charge is 0.496 e. The summed E-state index contributed by atoms with van der Waals surface area (Å²) in [6, 6.07) is 8.00. The van der Waals surface area contributed by atoms with Crippen LogP contribution in [-0.2, 0) is 11.3 Å². The molecule has 1 aliphatic heterocycles. The summed E-state index contributed by atoms with van der Waals surface area (Å²) in [6.45, 7) is 3.04. The maximum atomic E-state index is 8.96. The summed E-state index contributed by atoms with van der Waals surface area (Å²) >= 11 is 0. The summed E-state index contributed by atoms with van der Waals surface area (Å²) in [6.07, 6.45) is -0.357. The molecule has 0 bridgehead atoms. The monoisotopic (exact) mass is 285 g/mol. The van der Waals surface area contributed by atoms with Gasteiger partial charge in [-0.2, -0.15) is 5.26 Å². The van der Waals surface area contributed by atoms with Gasteiger partial charge in [0, 0.05) is 30.8 Å². The zero-order valence-electron chi connectivity index (χ0n) is 12.1. The van der Waals surface area contributed by atoms with Crippen molar-refractivity contribution in [2.45, 2.75) is 12.6 Å². The quantitative estimate of drug-likeness (QED) is 0.829. The van der Waals surface area contributed by atoms with E-state index < -0.39 is 0 Å². The summed E-state index contributed by atoms with van der Waals surface area (Å²) in [7, 11) is 1.65. The molecule has 1 heterocycles. The first-order valence-electron chi connectivity index (χ1n) is 6.86. The Bertz CT molecular complexity index is 583. The molecule has 2 N–H and O–H groups in total. The average molecular weight is 285 g/mol. The van der Waals surface area contributed by atoms with Gasteiger partial charge >= 0.3 is 0 Å². The van der Waals surface area contributed by atoms with Crippen molar-refractivity contribution in [3.8, 4) is 23.7 Å². The molecule has 1 aromatic carbocycles. The zero-order valence-corrected chi connectivity index (χ0v) is 12.1. The third-order valence-corrected chi connectivity index (χ3v) is 3.30. The minimum Gasteiger partial charge on any atom is -0.496 e. The van der Waals surface area contributed by atoms with Crippen LogP contribution in [0.25, 0.3) is 0 Å². The van der Waals surface area contributed by atoms with Gasteiger partial charge in [-0.15, -0.1) is 0 Å². The molecule has 5 nitrogen and oxygen atoms in total. The Balaban J connectivity index is 2.15. The Kier molecular flexibility index (Phi) is 5.59. The average Bonchev–Trinajstić information content (AvgIpc) is 2.53. The molecule has 1 saturated heterocycles. The summed E-state index contributed by atoms with van der Waals surface area (Å²) < 4.78 is 10.8. The van der Waals surface area contributed by atoms with E-state index in [4.69, 9.17) is 20.5 Å². The predicted molar refractivity (Wildman–Crippen MR) is 79.6 cm³/mol. The van der Waals surface area contributed by atoms with E-state index in [0.717, 1.165) is 23.4 Å². The lowest BCUT2D eigenvalue weighted by Crippen LogP contribution is -2.41. The fourth-order valence-corrected chi connectivity index (χ4v) is 2.30. The maximum Gasteiger partial charge on any atom is 0.156 e. The fourth-order valence-electron chi connectivity index (χ4n) is 2.30. The number of nitrogens with zero attached hydrogens (tertiary/aromatic N) is 2. The second-order valence-corrected chi connectivity index (χ2v) is 4.76. The molecule has 1 unspecified atom stereocenters. The van der Waals surface area contributed by atoms with Gasteiger partial charge in [-0.1, -0.05) is 11.8 Å². The number of benzene rings is 1. The predicted octanol–water partition coefficient (Wildman–Crippen LogP) is 0.730. The van der Waals surface area contributed by atoms with Crippen LogP contribution in [0.1, 0.15) is 11.1 Å². The number of rotatable bonds is 3. The Morgan fingerprint density at radius 2 is 2.38 bits per heavy atom. The highest BCUT2D eigenvalue weighted by atomic mass is 16.5. The van der Waals surface area contributed by atoms with Crippen molar-refractivity contribution in [3.05, 3.63) is 29.3 Å². The van der Waals surface area contributed by atoms with E-state index in [9.17, 15) is 0 Å². The highest BCUT2D eigenvalue weighted by Crippen LogP contribution is 2.22. The smallest absolute Gasteiger partial charge is 0.156 e. The van der Waals surface area contributed by atoms with E-state index in [1.54, 1.807) is 7.11 Å². The highest BCUT2D eigenvalue weighted by Gasteiger charge is 2.20. The molecule has 0 radical (unpaired) electrons. The molecular weight excluding hydrogens is 266 g/mol. The van der Waals surface area contributed by atoms with Gasteiger partial charge in [0.25, 0.3) is 0 Å². The zero-order chi connectivity index (χ0) is 15.1. The van der Waals surface area contributed by atoms with Crippen LogP contribution in [0.15, 0.2) is 18.2 Å². The van der Waals surface area contributed by atoms with Crippen LogP contribution in [-0.4, -0.2) is 44.4 Å². The van der Waals surface area contributed by atoms with E-state index >= 15 is 0 Å². The second-order valence-electron chi connectivity index (χ2n) is 4.76. The highest BCUT2D eigenvalue weighted by molar-refractivity contribution is 5.44. The maximum absolute atomic E-state index is 8.96. The number of ether oxygens (including phenoxy) is 2. The van der Waals surface area contributed by atoms with Crippen LogP contribution in [0, 0.1) is 23.2 Å². The van der Waals surface area contributed by atoms with E-state index in [1.807, 2.05) is 18.2 Å². The molecule has 21 heavy (non-hydrogen) atoms. The first-order chi connectivity index (χ1) is 10.3. The normalized spacial score (nSPS) is 18.4. The summed E-state index contributed by atoms with van der Waals surface area (Å²) in [5.74, 6) is 6.70. The molecule has 2 rings (SSSR count). The third-order valence-electron chi connectivity index (χ3n) is 3.30. The molecule has 0 spiro atoms. The van der Waals surface area contributed by atoms with Crippen molar-refractivity contribution in [3.63, 3.8) is 0 Å².